The monoisotopic (exact) mass is 260 g/mol. The number of aromatic nitrogens is 1. The molecule has 0 aliphatic heterocycles. The Morgan fingerprint density at radius 1 is 1.32 bits per heavy atom. The van der Waals surface area contributed by atoms with Crippen LogP contribution in [-0.2, 0) is 0 Å². The third-order valence-electron chi connectivity index (χ3n) is 3.16. The van der Waals surface area contributed by atoms with Crippen molar-refractivity contribution in [3.63, 3.8) is 0 Å². The smallest absolute Gasteiger partial charge is 0.128 e. The number of nitrogens with zero attached hydrogens (tertiary/aromatic N) is 1. The molecule has 1 unspecified atom stereocenters. The Bertz CT molecular complexity index is 535. The van der Waals surface area contributed by atoms with Crippen LogP contribution in [0.1, 0.15) is 19.8 Å². The van der Waals surface area contributed by atoms with E-state index >= 15 is 0 Å². The minimum Gasteiger partial charge on any atom is -0.493 e. The maximum Gasteiger partial charge on any atom is 0.128 e. The van der Waals surface area contributed by atoms with Crippen molar-refractivity contribution in [3.05, 3.63) is 36.5 Å². The third kappa shape index (κ3) is 3.66. The van der Waals surface area contributed by atoms with Crippen LogP contribution in [0, 0.1) is 0 Å². The second-order valence-corrected chi connectivity index (χ2v) is 4.98. The molecule has 0 saturated heterocycles. The first-order valence-electron chi connectivity index (χ1n) is 6.51. The van der Waals surface area contributed by atoms with Crippen molar-refractivity contribution in [3.8, 4) is 5.75 Å². The van der Waals surface area contributed by atoms with E-state index in [1.807, 2.05) is 30.3 Å². The first kappa shape index (κ1) is 13.8. The van der Waals surface area contributed by atoms with Crippen molar-refractivity contribution < 1.29 is 9.84 Å². The minimum absolute atomic E-state index is 0.269. The highest BCUT2D eigenvalue weighted by Gasteiger charge is 2.17. The van der Waals surface area contributed by atoms with Crippen molar-refractivity contribution in [2.24, 2.45) is 5.73 Å². The second kappa shape index (κ2) is 5.99. The Morgan fingerprint density at radius 2 is 2.16 bits per heavy atom. The summed E-state index contributed by atoms with van der Waals surface area (Å²) in [5.74, 6) is 0.831. The Hall–Kier alpha value is -1.65. The molecular weight excluding hydrogens is 240 g/mol. The molecule has 3 N–H and O–H groups in total. The highest BCUT2D eigenvalue weighted by molar-refractivity contribution is 5.84. The fraction of sp³-hybridized carbons (Fsp3) is 0.400. The van der Waals surface area contributed by atoms with Gasteiger partial charge in [-0.25, -0.2) is 0 Å². The van der Waals surface area contributed by atoms with E-state index in [1.54, 1.807) is 13.1 Å². The summed E-state index contributed by atoms with van der Waals surface area (Å²) < 4.78 is 5.77. The summed E-state index contributed by atoms with van der Waals surface area (Å²) in [5, 5.41) is 10.8. The molecule has 2 rings (SSSR count). The lowest BCUT2D eigenvalue weighted by Gasteiger charge is -2.20. The fourth-order valence-electron chi connectivity index (χ4n) is 1.94. The standard InChI is InChI=1S/C15H20N2O2/c1-15(18,11-16)8-4-10-19-14-7-2-6-13-12(14)5-3-9-17-13/h2-3,5-7,9,18H,4,8,10-11,16H2,1H3. The van der Waals surface area contributed by atoms with Crippen LogP contribution in [-0.4, -0.2) is 28.8 Å². The van der Waals surface area contributed by atoms with Gasteiger partial charge >= 0.3 is 0 Å². The van der Waals surface area contributed by atoms with Gasteiger partial charge < -0.3 is 15.6 Å². The number of hydrogen-bond acceptors (Lipinski definition) is 4. The summed E-state index contributed by atoms with van der Waals surface area (Å²) >= 11 is 0. The maximum atomic E-state index is 9.80. The molecule has 102 valence electrons. The van der Waals surface area contributed by atoms with Gasteiger partial charge in [0.2, 0.25) is 0 Å². The van der Waals surface area contributed by atoms with Crippen molar-refractivity contribution in [1.29, 1.82) is 0 Å². The number of pyridine rings is 1. The summed E-state index contributed by atoms with van der Waals surface area (Å²) in [6.45, 7) is 2.57. The number of nitrogens with two attached hydrogens (primary N) is 1. The highest BCUT2D eigenvalue weighted by Crippen LogP contribution is 2.24. The minimum atomic E-state index is -0.802. The summed E-state index contributed by atoms with van der Waals surface area (Å²) in [4.78, 5) is 4.29. The van der Waals surface area contributed by atoms with E-state index in [0.29, 0.717) is 13.0 Å². The van der Waals surface area contributed by atoms with Gasteiger partial charge in [0, 0.05) is 18.1 Å². The summed E-state index contributed by atoms with van der Waals surface area (Å²) in [6.07, 6.45) is 3.16. The molecule has 1 aromatic carbocycles. The molecule has 0 aliphatic carbocycles. The lowest BCUT2D eigenvalue weighted by atomic mass is 10.0. The number of rotatable bonds is 6. The van der Waals surface area contributed by atoms with Crippen LogP contribution < -0.4 is 10.5 Å². The average Bonchev–Trinajstić information content (AvgIpc) is 2.44. The van der Waals surface area contributed by atoms with Crippen molar-refractivity contribution in [1.82, 2.24) is 4.98 Å². The van der Waals surface area contributed by atoms with Gasteiger partial charge in [0.1, 0.15) is 5.75 Å². The van der Waals surface area contributed by atoms with E-state index in [9.17, 15) is 5.11 Å². The SMILES string of the molecule is CC(O)(CN)CCCOc1cccc2ncccc12. The van der Waals surface area contributed by atoms with Crippen molar-refractivity contribution >= 4 is 10.9 Å². The number of fused-ring (bicyclic) bond motifs is 1. The molecule has 1 atom stereocenters. The van der Waals surface area contributed by atoms with Crippen LogP contribution in [0.2, 0.25) is 0 Å². The van der Waals surface area contributed by atoms with Crippen molar-refractivity contribution in [2.45, 2.75) is 25.4 Å². The predicted molar refractivity (Wildman–Crippen MR) is 76.2 cm³/mol. The second-order valence-electron chi connectivity index (χ2n) is 4.98. The number of aliphatic hydroxyl groups is 1. The molecular formula is C15H20N2O2. The van der Waals surface area contributed by atoms with E-state index in [4.69, 9.17) is 10.5 Å². The van der Waals surface area contributed by atoms with E-state index in [2.05, 4.69) is 4.98 Å². The predicted octanol–water partition coefficient (Wildman–Crippen LogP) is 2.10. The molecule has 1 aromatic heterocycles. The highest BCUT2D eigenvalue weighted by atomic mass is 16.5. The van der Waals surface area contributed by atoms with Gasteiger partial charge in [-0.15, -0.1) is 0 Å². The Morgan fingerprint density at radius 3 is 2.95 bits per heavy atom. The summed E-state index contributed by atoms with van der Waals surface area (Å²) in [5.41, 5.74) is 5.60. The molecule has 2 aromatic rings. The van der Waals surface area contributed by atoms with Crippen LogP contribution in [0.5, 0.6) is 5.75 Å². The van der Waals surface area contributed by atoms with Crippen LogP contribution in [0.25, 0.3) is 10.9 Å². The molecule has 0 saturated carbocycles. The zero-order valence-electron chi connectivity index (χ0n) is 11.2. The van der Waals surface area contributed by atoms with E-state index < -0.39 is 5.60 Å². The molecule has 0 amide bonds. The molecule has 4 nitrogen and oxygen atoms in total. The molecule has 0 aliphatic rings. The quantitative estimate of drug-likeness (QED) is 0.780. The Labute approximate surface area is 113 Å². The van der Waals surface area contributed by atoms with Gasteiger partial charge in [-0.05, 0) is 44.0 Å². The summed E-state index contributed by atoms with van der Waals surface area (Å²) in [6, 6.07) is 9.72. The first-order valence-corrected chi connectivity index (χ1v) is 6.51. The van der Waals surface area contributed by atoms with E-state index in [0.717, 1.165) is 23.1 Å². The summed E-state index contributed by atoms with van der Waals surface area (Å²) in [7, 11) is 0. The molecule has 0 bridgehead atoms. The largest absolute Gasteiger partial charge is 0.493 e. The normalized spacial score (nSPS) is 14.3. The van der Waals surface area contributed by atoms with Gasteiger partial charge in [0.15, 0.2) is 0 Å². The van der Waals surface area contributed by atoms with Gasteiger partial charge in [-0.3, -0.25) is 4.98 Å². The van der Waals surface area contributed by atoms with Gasteiger partial charge in [-0.2, -0.15) is 0 Å². The number of hydrogen-bond donors (Lipinski definition) is 2. The zero-order chi connectivity index (χ0) is 13.7. The molecule has 19 heavy (non-hydrogen) atoms. The van der Waals surface area contributed by atoms with Crippen LogP contribution in [0.15, 0.2) is 36.5 Å². The lowest BCUT2D eigenvalue weighted by molar-refractivity contribution is 0.0536. The molecule has 4 heteroatoms. The van der Waals surface area contributed by atoms with Gasteiger partial charge in [-0.1, -0.05) is 6.07 Å². The van der Waals surface area contributed by atoms with Crippen LogP contribution >= 0.6 is 0 Å². The molecule has 0 radical (unpaired) electrons. The van der Waals surface area contributed by atoms with E-state index in [1.165, 1.54) is 0 Å². The third-order valence-corrected chi connectivity index (χ3v) is 3.16. The van der Waals surface area contributed by atoms with Gasteiger partial charge in [0.25, 0.3) is 0 Å². The average molecular weight is 260 g/mol. The molecule has 1 heterocycles. The van der Waals surface area contributed by atoms with E-state index in [-0.39, 0.29) is 6.54 Å². The van der Waals surface area contributed by atoms with Crippen molar-refractivity contribution in [2.75, 3.05) is 13.2 Å². The topological polar surface area (TPSA) is 68.4 Å². The Balaban J connectivity index is 1.95. The van der Waals surface area contributed by atoms with Gasteiger partial charge in [0.05, 0.1) is 17.7 Å². The number of ether oxygens (including phenoxy) is 1. The fourth-order valence-corrected chi connectivity index (χ4v) is 1.94. The van der Waals surface area contributed by atoms with Crippen LogP contribution in [0.4, 0.5) is 0 Å². The maximum absolute atomic E-state index is 9.80. The van der Waals surface area contributed by atoms with Crippen LogP contribution in [0.3, 0.4) is 0 Å². The molecule has 0 spiro atoms. The number of benzene rings is 1. The Kier molecular flexibility index (Phi) is 4.35. The lowest BCUT2D eigenvalue weighted by Crippen LogP contribution is -2.34. The first-order chi connectivity index (χ1) is 9.12. The zero-order valence-corrected chi connectivity index (χ0v) is 11.2. The molecule has 0 fully saturated rings.